The molecule has 0 fully saturated rings. The maximum absolute atomic E-state index is 13.9. The highest BCUT2D eigenvalue weighted by Gasteiger charge is 2.27. The van der Waals surface area contributed by atoms with Gasteiger partial charge in [-0.1, -0.05) is 60.7 Å². The number of carbonyl (C=O) groups is 2. The molecule has 7 heteroatoms. The number of amides is 2. The molecule has 0 bridgehead atoms. The third-order valence-electron chi connectivity index (χ3n) is 6.85. The average molecular weight is 524 g/mol. The Balaban J connectivity index is 1.37. The molecular formula is C32H33N3O4. The summed E-state index contributed by atoms with van der Waals surface area (Å²) >= 11 is 0. The molecule has 4 aromatic rings. The topological polar surface area (TPSA) is 64.0 Å². The molecule has 2 heterocycles. The van der Waals surface area contributed by atoms with Gasteiger partial charge in [-0.3, -0.25) is 9.59 Å². The lowest BCUT2D eigenvalue weighted by molar-refractivity contribution is -0.133. The standard InChI is InChI=1S/C32H33N3O4/c1-24(2)35(32(37)27-15-16-29-30(18-27)39-23-38-29)22-31(36)34(20-26-12-7-4-8-13-26)21-28-14-9-17-33(28)19-25-10-5-3-6-11-25/h3-18,24H,19-23H2,1-2H3. The van der Waals surface area contributed by atoms with Crippen LogP contribution in [0.15, 0.2) is 97.2 Å². The molecule has 5 rings (SSSR count). The van der Waals surface area contributed by atoms with E-state index < -0.39 is 0 Å². The number of benzene rings is 3. The molecule has 0 radical (unpaired) electrons. The van der Waals surface area contributed by atoms with Gasteiger partial charge in [0.1, 0.15) is 6.54 Å². The third-order valence-corrected chi connectivity index (χ3v) is 6.85. The molecule has 1 aliphatic rings. The van der Waals surface area contributed by atoms with Gasteiger partial charge in [0, 0.05) is 36.6 Å². The first-order valence-corrected chi connectivity index (χ1v) is 13.2. The Morgan fingerprint density at radius 1 is 0.821 bits per heavy atom. The molecular weight excluding hydrogens is 490 g/mol. The summed E-state index contributed by atoms with van der Waals surface area (Å²) < 4.78 is 13.0. The molecule has 3 aromatic carbocycles. The summed E-state index contributed by atoms with van der Waals surface area (Å²) in [6.07, 6.45) is 2.04. The fourth-order valence-corrected chi connectivity index (χ4v) is 4.69. The van der Waals surface area contributed by atoms with E-state index in [9.17, 15) is 9.59 Å². The summed E-state index contributed by atoms with van der Waals surface area (Å²) in [5, 5.41) is 0. The van der Waals surface area contributed by atoms with Gasteiger partial charge in [-0.15, -0.1) is 0 Å². The van der Waals surface area contributed by atoms with E-state index in [1.165, 1.54) is 5.56 Å². The number of nitrogens with zero attached hydrogens (tertiary/aromatic N) is 3. The smallest absolute Gasteiger partial charge is 0.254 e. The molecule has 2 amide bonds. The zero-order valence-electron chi connectivity index (χ0n) is 22.3. The zero-order chi connectivity index (χ0) is 27.2. The number of ether oxygens (including phenoxy) is 2. The van der Waals surface area contributed by atoms with Crippen LogP contribution in [0.4, 0.5) is 0 Å². The van der Waals surface area contributed by atoms with Crippen LogP contribution in [0.25, 0.3) is 0 Å². The monoisotopic (exact) mass is 523 g/mol. The van der Waals surface area contributed by atoms with Gasteiger partial charge in [-0.2, -0.15) is 0 Å². The van der Waals surface area contributed by atoms with Crippen LogP contribution in [0.3, 0.4) is 0 Å². The first-order chi connectivity index (χ1) is 19.0. The Hall–Kier alpha value is -4.52. The molecule has 7 nitrogen and oxygen atoms in total. The minimum Gasteiger partial charge on any atom is -0.454 e. The van der Waals surface area contributed by atoms with Gasteiger partial charge in [0.25, 0.3) is 5.91 Å². The zero-order valence-corrected chi connectivity index (χ0v) is 22.3. The van der Waals surface area contributed by atoms with E-state index in [4.69, 9.17) is 9.47 Å². The highest BCUT2D eigenvalue weighted by Crippen LogP contribution is 2.33. The van der Waals surface area contributed by atoms with E-state index in [1.54, 1.807) is 23.1 Å². The minimum absolute atomic E-state index is 0.0306. The number of carbonyl (C=O) groups excluding carboxylic acids is 2. The molecule has 0 atom stereocenters. The fourth-order valence-electron chi connectivity index (χ4n) is 4.69. The predicted molar refractivity (Wildman–Crippen MR) is 149 cm³/mol. The quantitative estimate of drug-likeness (QED) is 0.281. The van der Waals surface area contributed by atoms with Crippen molar-refractivity contribution < 1.29 is 19.1 Å². The summed E-state index contributed by atoms with van der Waals surface area (Å²) in [6, 6.07) is 29.2. The van der Waals surface area contributed by atoms with Gasteiger partial charge in [0.15, 0.2) is 11.5 Å². The molecule has 39 heavy (non-hydrogen) atoms. The van der Waals surface area contributed by atoms with Crippen LogP contribution in [0.1, 0.15) is 41.0 Å². The third kappa shape index (κ3) is 6.32. The Morgan fingerprint density at radius 2 is 1.51 bits per heavy atom. The van der Waals surface area contributed by atoms with E-state index in [0.29, 0.717) is 30.2 Å². The van der Waals surface area contributed by atoms with Crippen molar-refractivity contribution in [2.45, 2.75) is 39.5 Å². The summed E-state index contributed by atoms with van der Waals surface area (Å²) in [7, 11) is 0. The predicted octanol–water partition coefficient (Wildman–Crippen LogP) is 5.34. The SMILES string of the molecule is CC(C)N(CC(=O)N(Cc1ccccc1)Cc1cccn1Cc1ccccc1)C(=O)c1ccc2c(c1)OCO2. The summed E-state index contributed by atoms with van der Waals surface area (Å²) in [4.78, 5) is 30.8. The van der Waals surface area contributed by atoms with E-state index >= 15 is 0 Å². The van der Waals surface area contributed by atoms with Crippen LogP contribution in [0, 0.1) is 0 Å². The van der Waals surface area contributed by atoms with Crippen molar-refractivity contribution in [3.63, 3.8) is 0 Å². The first-order valence-electron chi connectivity index (χ1n) is 13.2. The van der Waals surface area contributed by atoms with E-state index in [0.717, 1.165) is 17.8 Å². The van der Waals surface area contributed by atoms with Crippen molar-refractivity contribution >= 4 is 11.8 Å². The summed E-state index contributed by atoms with van der Waals surface area (Å²) in [5.41, 5.74) is 3.72. The van der Waals surface area contributed by atoms with Crippen molar-refractivity contribution in [2.24, 2.45) is 0 Å². The minimum atomic E-state index is -0.219. The number of hydrogen-bond acceptors (Lipinski definition) is 4. The van der Waals surface area contributed by atoms with Crippen molar-refractivity contribution in [1.29, 1.82) is 0 Å². The highest BCUT2D eigenvalue weighted by molar-refractivity contribution is 5.97. The number of aromatic nitrogens is 1. The molecule has 200 valence electrons. The molecule has 0 aliphatic carbocycles. The Labute approximate surface area is 229 Å². The van der Waals surface area contributed by atoms with Crippen LogP contribution >= 0.6 is 0 Å². The normalized spacial score (nSPS) is 12.0. The van der Waals surface area contributed by atoms with Crippen molar-refractivity contribution in [2.75, 3.05) is 13.3 Å². The molecule has 0 saturated carbocycles. The number of hydrogen-bond donors (Lipinski definition) is 0. The van der Waals surface area contributed by atoms with Crippen LogP contribution in [0.5, 0.6) is 11.5 Å². The summed E-state index contributed by atoms with van der Waals surface area (Å²) in [6.45, 7) is 5.54. The van der Waals surface area contributed by atoms with Gasteiger partial charge in [0.05, 0.1) is 6.54 Å². The van der Waals surface area contributed by atoms with Crippen molar-refractivity contribution in [1.82, 2.24) is 14.4 Å². The first kappa shape index (κ1) is 26.1. The fraction of sp³-hybridized carbons (Fsp3) is 0.250. The van der Waals surface area contributed by atoms with E-state index in [2.05, 4.69) is 16.7 Å². The highest BCUT2D eigenvalue weighted by atomic mass is 16.7. The van der Waals surface area contributed by atoms with E-state index in [-0.39, 0.29) is 31.2 Å². The Morgan fingerprint density at radius 3 is 2.23 bits per heavy atom. The lowest BCUT2D eigenvalue weighted by Crippen LogP contribution is -2.45. The molecule has 0 unspecified atom stereocenters. The van der Waals surface area contributed by atoms with Crippen LogP contribution in [0.2, 0.25) is 0 Å². The Kier molecular flexibility index (Phi) is 7.96. The summed E-state index contributed by atoms with van der Waals surface area (Å²) in [5.74, 6) is 0.824. The van der Waals surface area contributed by atoms with E-state index in [1.807, 2.05) is 85.6 Å². The second kappa shape index (κ2) is 11.9. The second-order valence-corrected chi connectivity index (χ2v) is 9.94. The van der Waals surface area contributed by atoms with Crippen molar-refractivity contribution in [3.05, 3.63) is 120 Å². The number of fused-ring (bicyclic) bond motifs is 1. The second-order valence-electron chi connectivity index (χ2n) is 9.94. The van der Waals surface area contributed by atoms with Gasteiger partial charge in [-0.25, -0.2) is 0 Å². The van der Waals surface area contributed by atoms with Gasteiger partial charge in [-0.05, 0) is 55.3 Å². The lowest BCUT2D eigenvalue weighted by atomic mass is 10.1. The molecule has 0 spiro atoms. The maximum Gasteiger partial charge on any atom is 0.254 e. The van der Waals surface area contributed by atoms with Crippen molar-refractivity contribution in [3.8, 4) is 11.5 Å². The molecule has 1 aliphatic heterocycles. The molecule has 0 N–H and O–H groups in total. The van der Waals surface area contributed by atoms with Crippen LogP contribution in [-0.2, 0) is 24.4 Å². The van der Waals surface area contributed by atoms with Gasteiger partial charge >= 0.3 is 0 Å². The average Bonchev–Trinajstić information content (AvgIpc) is 3.60. The molecule has 0 saturated heterocycles. The number of rotatable bonds is 10. The van der Waals surface area contributed by atoms with Gasteiger partial charge in [0.2, 0.25) is 12.7 Å². The molecule has 1 aromatic heterocycles. The largest absolute Gasteiger partial charge is 0.454 e. The van der Waals surface area contributed by atoms with Gasteiger partial charge < -0.3 is 23.8 Å². The van der Waals surface area contributed by atoms with Crippen LogP contribution in [-0.4, -0.2) is 45.6 Å². The Bertz CT molecular complexity index is 1420. The lowest BCUT2D eigenvalue weighted by Gasteiger charge is -2.30. The maximum atomic E-state index is 13.9. The van der Waals surface area contributed by atoms with Crippen LogP contribution < -0.4 is 9.47 Å².